The third-order valence-electron chi connectivity index (χ3n) is 3.64. The van der Waals surface area contributed by atoms with Crippen molar-refractivity contribution in [1.82, 2.24) is 15.3 Å². The summed E-state index contributed by atoms with van der Waals surface area (Å²) >= 11 is 0. The van der Waals surface area contributed by atoms with Gasteiger partial charge in [-0.25, -0.2) is 4.79 Å². The SMILES string of the molecule is CC(C)(C)CNC(=N)[C@@H]1CC[C@@H]2CN1C(=O)N2OS(=O)(=O)O. The molecular weight excluding hydrogens is 312 g/mol. The van der Waals surface area contributed by atoms with Crippen molar-refractivity contribution in [2.24, 2.45) is 5.41 Å². The van der Waals surface area contributed by atoms with E-state index in [0.29, 0.717) is 24.4 Å². The molecule has 0 spiro atoms. The Morgan fingerprint density at radius 1 is 1.45 bits per heavy atom. The number of piperidine rings is 1. The van der Waals surface area contributed by atoms with Crippen LogP contribution in [-0.4, -0.2) is 60.0 Å². The van der Waals surface area contributed by atoms with Crippen LogP contribution in [0, 0.1) is 10.8 Å². The van der Waals surface area contributed by atoms with Gasteiger partial charge < -0.3 is 10.2 Å². The molecule has 0 unspecified atom stereocenters. The molecule has 0 aromatic carbocycles. The number of nitrogens with one attached hydrogen (secondary N) is 2. The summed E-state index contributed by atoms with van der Waals surface area (Å²) in [7, 11) is -4.74. The fourth-order valence-corrected chi connectivity index (χ4v) is 3.00. The highest BCUT2D eigenvalue weighted by Gasteiger charge is 2.48. The van der Waals surface area contributed by atoms with Gasteiger partial charge in [0.2, 0.25) is 0 Å². The fraction of sp³-hybridized carbons (Fsp3) is 0.833. The van der Waals surface area contributed by atoms with E-state index in [9.17, 15) is 13.2 Å². The highest BCUT2D eigenvalue weighted by Crippen LogP contribution is 2.30. The molecule has 2 saturated heterocycles. The number of hydrogen-bond donors (Lipinski definition) is 3. The molecule has 2 atom stereocenters. The summed E-state index contributed by atoms with van der Waals surface area (Å²) in [6.45, 7) is 6.98. The smallest absolute Gasteiger partial charge is 0.372 e. The first-order valence-corrected chi connectivity index (χ1v) is 8.43. The molecule has 2 bridgehead atoms. The van der Waals surface area contributed by atoms with Crippen LogP contribution in [0.3, 0.4) is 0 Å². The molecule has 0 saturated carbocycles. The minimum absolute atomic E-state index is 0.00136. The van der Waals surface area contributed by atoms with Gasteiger partial charge in [-0.1, -0.05) is 20.8 Å². The van der Waals surface area contributed by atoms with Crippen molar-refractivity contribution in [3.63, 3.8) is 0 Å². The molecular formula is C12H22N4O5S. The van der Waals surface area contributed by atoms with Gasteiger partial charge in [-0.15, -0.1) is 4.28 Å². The number of rotatable bonds is 4. The molecule has 0 aliphatic carbocycles. The van der Waals surface area contributed by atoms with Crippen LogP contribution in [0.5, 0.6) is 0 Å². The summed E-state index contributed by atoms with van der Waals surface area (Å²) in [5.74, 6) is 0.232. The van der Waals surface area contributed by atoms with E-state index in [2.05, 4.69) is 9.60 Å². The highest BCUT2D eigenvalue weighted by atomic mass is 32.3. The normalized spacial score (nSPS) is 25.5. The van der Waals surface area contributed by atoms with E-state index in [0.717, 1.165) is 0 Å². The average Bonchev–Trinajstić information content (AvgIpc) is 2.59. The van der Waals surface area contributed by atoms with Gasteiger partial charge in [-0.05, 0) is 18.3 Å². The van der Waals surface area contributed by atoms with Crippen LogP contribution in [0.4, 0.5) is 4.79 Å². The predicted octanol–water partition coefficient (Wildman–Crippen LogP) is 0.602. The van der Waals surface area contributed by atoms with Gasteiger partial charge in [0, 0.05) is 13.1 Å². The van der Waals surface area contributed by atoms with E-state index >= 15 is 0 Å². The zero-order chi connectivity index (χ0) is 16.7. The lowest BCUT2D eigenvalue weighted by Gasteiger charge is -2.32. The van der Waals surface area contributed by atoms with Crippen molar-refractivity contribution in [2.75, 3.05) is 13.1 Å². The first-order valence-electron chi connectivity index (χ1n) is 7.07. The third-order valence-corrected chi connectivity index (χ3v) is 3.99. The quantitative estimate of drug-likeness (QED) is 0.393. The molecule has 2 amide bonds. The van der Waals surface area contributed by atoms with E-state index in [1.165, 1.54) is 4.90 Å². The maximum atomic E-state index is 12.2. The number of amides is 2. The highest BCUT2D eigenvalue weighted by molar-refractivity contribution is 7.80. The molecule has 2 fully saturated rings. The second-order valence-corrected chi connectivity index (χ2v) is 7.84. The molecule has 0 radical (unpaired) electrons. The molecule has 2 aliphatic rings. The second kappa shape index (κ2) is 5.67. The fourth-order valence-electron chi connectivity index (χ4n) is 2.61. The molecule has 3 N–H and O–H groups in total. The average molecular weight is 334 g/mol. The zero-order valence-electron chi connectivity index (χ0n) is 12.9. The van der Waals surface area contributed by atoms with Crippen LogP contribution in [0.2, 0.25) is 0 Å². The van der Waals surface area contributed by atoms with Crippen molar-refractivity contribution in [2.45, 2.75) is 45.7 Å². The Morgan fingerprint density at radius 3 is 2.64 bits per heavy atom. The van der Waals surface area contributed by atoms with Crippen molar-refractivity contribution in [3.05, 3.63) is 0 Å². The molecule has 22 heavy (non-hydrogen) atoms. The Balaban J connectivity index is 2.04. The van der Waals surface area contributed by atoms with Crippen molar-refractivity contribution in [3.8, 4) is 0 Å². The summed E-state index contributed by atoms with van der Waals surface area (Å²) in [5.41, 5.74) is -0.00136. The van der Waals surface area contributed by atoms with Gasteiger partial charge in [-0.3, -0.25) is 9.96 Å². The van der Waals surface area contributed by atoms with E-state index in [1.807, 2.05) is 20.8 Å². The Hall–Kier alpha value is -1.39. The molecule has 10 heteroatoms. The molecule has 0 aromatic rings. The Labute approximate surface area is 130 Å². The van der Waals surface area contributed by atoms with Gasteiger partial charge >= 0.3 is 16.4 Å². The Kier molecular flexibility index (Phi) is 4.37. The maximum absolute atomic E-state index is 12.2. The molecule has 9 nitrogen and oxygen atoms in total. The minimum Gasteiger partial charge on any atom is -0.372 e. The summed E-state index contributed by atoms with van der Waals surface area (Å²) in [5, 5.41) is 11.8. The lowest BCUT2D eigenvalue weighted by atomic mass is 9.95. The van der Waals surface area contributed by atoms with Gasteiger partial charge in [0.1, 0.15) is 5.84 Å². The molecule has 2 aliphatic heterocycles. The van der Waals surface area contributed by atoms with E-state index in [1.54, 1.807) is 0 Å². The monoisotopic (exact) mass is 334 g/mol. The van der Waals surface area contributed by atoms with Crippen molar-refractivity contribution < 1.29 is 22.0 Å². The van der Waals surface area contributed by atoms with Gasteiger partial charge in [0.25, 0.3) is 0 Å². The molecule has 2 rings (SSSR count). The molecule has 2 heterocycles. The number of amidine groups is 1. The third kappa shape index (κ3) is 3.87. The van der Waals surface area contributed by atoms with Crippen LogP contribution in [0.25, 0.3) is 0 Å². The van der Waals surface area contributed by atoms with Crippen LogP contribution in [0.1, 0.15) is 33.6 Å². The van der Waals surface area contributed by atoms with Crippen LogP contribution in [-0.2, 0) is 14.7 Å². The lowest BCUT2D eigenvalue weighted by Crippen LogP contribution is -2.50. The number of carbonyl (C=O) groups is 1. The number of hydroxylamine groups is 2. The lowest BCUT2D eigenvalue weighted by molar-refractivity contribution is -0.0316. The summed E-state index contributed by atoms with van der Waals surface area (Å²) < 4.78 is 34.7. The Bertz CT molecular complexity index is 571. The molecule has 0 aromatic heterocycles. The van der Waals surface area contributed by atoms with Crippen LogP contribution >= 0.6 is 0 Å². The summed E-state index contributed by atoms with van der Waals surface area (Å²) in [6, 6.07) is -1.50. The Morgan fingerprint density at radius 2 is 2.09 bits per heavy atom. The number of carbonyl (C=O) groups excluding carboxylic acids is 1. The maximum Gasteiger partial charge on any atom is 0.418 e. The predicted molar refractivity (Wildman–Crippen MR) is 78.6 cm³/mol. The van der Waals surface area contributed by atoms with E-state index in [4.69, 9.17) is 9.96 Å². The van der Waals surface area contributed by atoms with E-state index in [-0.39, 0.29) is 17.8 Å². The standard InChI is InChI=1S/C12H22N4O5S/c1-12(2,3)7-14-10(13)9-5-4-8-6-15(9)11(17)16(8)21-22(18,19)20/h8-9H,4-7H2,1-3H3,(H2,13,14)(H,18,19,20)/t8-,9+/m1/s1. The first kappa shape index (κ1) is 17.0. The van der Waals surface area contributed by atoms with Crippen LogP contribution in [0.15, 0.2) is 0 Å². The van der Waals surface area contributed by atoms with Gasteiger partial charge in [-0.2, -0.15) is 13.5 Å². The summed E-state index contributed by atoms with van der Waals surface area (Å²) in [4.78, 5) is 13.6. The van der Waals surface area contributed by atoms with Gasteiger partial charge in [0.05, 0.1) is 12.1 Å². The minimum atomic E-state index is -4.74. The number of fused-ring (bicyclic) bond motifs is 2. The first-order chi connectivity index (χ1) is 9.98. The van der Waals surface area contributed by atoms with E-state index < -0.39 is 28.5 Å². The van der Waals surface area contributed by atoms with Crippen molar-refractivity contribution >= 4 is 22.3 Å². The molecule has 126 valence electrons. The number of hydrogen-bond acceptors (Lipinski definition) is 5. The second-order valence-electron chi connectivity index (χ2n) is 6.84. The topological polar surface area (TPSA) is 123 Å². The number of urea groups is 1. The summed E-state index contributed by atoms with van der Waals surface area (Å²) in [6.07, 6.45) is 1.04. The number of nitrogens with zero attached hydrogens (tertiary/aromatic N) is 2. The largest absolute Gasteiger partial charge is 0.418 e. The van der Waals surface area contributed by atoms with Crippen molar-refractivity contribution in [1.29, 1.82) is 5.41 Å². The van der Waals surface area contributed by atoms with Gasteiger partial charge in [0.15, 0.2) is 0 Å². The van der Waals surface area contributed by atoms with Crippen LogP contribution < -0.4 is 5.32 Å². The zero-order valence-corrected chi connectivity index (χ0v) is 13.7.